The predicted molar refractivity (Wildman–Crippen MR) is 65.5 cm³/mol. The van der Waals surface area contributed by atoms with E-state index in [9.17, 15) is 4.39 Å². The van der Waals surface area contributed by atoms with E-state index in [0.29, 0.717) is 12.8 Å². The topological polar surface area (TPSA) is 3.24 Å². The van der Waals surface area contributed by atoms with Crippen LogP contribution in [-0.4, -0.2) is 19.3 Å². The average molecular weight is 305 g/mol. The van der Waals surface area contributed by atoms with Crippen LogP contribution in [0.3, 0.4) is 0 Å². The molecule has 1 aliphatic rings. The lowest BCUT2D eigenvalue weighted by Gasteiger charge is -2.30. The molecule has 0 unspecified atom stereocenters. The van der Waals surface area contributed by atoms with Crippen molar-refractivity contribution >= 4 is 28.3 Å². The monoisotopic (exact) mass is 305 g/mol. The summed E-state index contributed by atoms with van der Waals surface area (Å²) < 4.78 is 14.2. The first-order valence-electron chi connectivity index (χ1n) is 4.90. The highest BCUT2D eigenvalue weighted by atomic mass is 127. The molecule has 1 aromatic rings. The standard InChI is InChI=1S/C11H13FIN/c12-9-4-6-14(7-5-9)11-3-1-2-10(13)8-11/h1-3,8-9H,4-7H2. The van der Waals surface area contributed by atoms with Gasteiger partial charge in [0.05, 0.1) is 0 Å². The molecule has 14 heavy (non-hydrogen) atoms. The van der Waals surface area contributed by atoms with Gasteiger partial charge in [-0.25, -0.2) is 4.39 Å². The van der Waals surface area contributed by atoms with Crippen LogP contribution in [-0.2, 0) is 0 Å². The van der Waals surface area contributed by atoms with Crippen molar-refractivity contribution in [1.82, 2.24) is 0 Å². The molecule has 1 aromatic carbocycles. The molecule has 1 nitrogen and oxygen atoms in total. The fraction of sp³-hybridized carbons (Fsp3) is 0.455. The van der Waals surface area contributed by atoms with Gasteiger partial charge in [-0.1, -0.05) is 6.07 Å². The van der Waals surface area contributed by atoms with Gasteiger partial charge in [0.15, 0.2) is 0 Å². The quantitative estimate of drug-likeness (QED) is 0.720. The van der Waals surface area contributed by atoms with Crippen LogP contribution in [0.25, 0.3) is 0 Å². The summed E-state index contributed by atoms with van der Waals surface area (Å²) >= 11 is 2.30. The van der Waals surface area contributed by atoms with Gasteiger partial charge < -0.3 is 4.90 Å². The van der Waals surface area contributed by atoms with Crippen molar-refractivity contribution in [1.29, 1.82) is 0 Å². The molecule has 0 saturated carbocycles. The highest BCUT2D eigenvalue weighted by Crippen LogP contribution is 2.22. The fourth-order valence-electron chi connectivity index (χ4n) is 1.78. The minimum atomic E-state index is -0.589. The molecule has 1 fully saturated rings. The number of halogens is 2. The molecule has 1 aliphatic heterocycles. The first-order chi connectivity index (χ1) is 6.75. The van der Waals surface area contributed by atoms with Crippen molar-refractivity contribution in [2.75, 3.05) is 18.0 Å². The van der Waals surface area contributed by atoms with E-state index in [1.807, 2.05) is 0 Å². The van der Waals surface area contributed by atoms with E-state index >= 15 is 0 Å². The Hall–Kier alpha value is -0.320. The van der Waals surface area contributed by atoms with E-state index < -0.39 is 6.17 Å². The highest BCUT2D eigenvalue weighted by Gasteiger charge is 2.18. The largest absolute Gasteiger partial charge is 0.371 e. The summed E-state index contributed by atoms with van der Waals surface area (Å²) in [5, 5.41) is 0. The first kappa shape index (κ1) is 10.2. The molecule has 0 radical (unpaired) electrons. The maximum Gasteiger partial charge on any atom is 0.103 e. The molecule has 0 bridgehead atoms. The zero-order chi connectivity index (χ0) is 9.97. The lowest BCUT2D eigenvalue weighted by Crippen LogP contribution is -2.34. The molecule has 0 spiro atoms. The molecule has 1 saturated heterocycles. The molecule has 0 aliphatic carbocycles. The number of anilines is 1. The van der Waals surface area contributed by atoms with Crippen LogP contribution in [0.5, 0.6) is 0 Å². The number of nitrogens with zero attached hydrogens (tertiary/aromatic N) is 1. The summed E-state index contributed by atoms with van der Waals surface area (Å²) in [6.07, 6.45) is 0.755. The third-order valence-corrected chi connectivity index (χ3v) is 3.27. The second kappa shape index (κ2) is 4.47. The second-order valence-corrected chi connectivity index (χ2v) is 4.89. The Balaban J connectivity index is 2.08. The zero-order valence-corrected chi connectivity index (χ0v) is 10.1. The minimum Gasteiger partial charge on any atom is -0.371 e. The molecule has 2 rings (SSSR count). The molecule has 0 amide bonds. The number of hydrogen-bond acceptors (Lipinski definition) is 1. The predicted octanol–water partition coefficient (Wildman–Crippen LogP) is 3.23. The number of hydrogen-bond donors (Lipinski definition) is 0. The number of benzene rings is 1. The van der Waals surface area contributed by atoms with Gasteiger partial charge in [-0.2, -0.15) is 0 Å². The molecule has 76 valence electrons. The Kier molecular flexibility index (Phi) is 3.26. The Labute approximate surface area is 97.4 Å². The zero-order valence-electron chi connectivity index (χ0n) is 7.92. The number of piperidine rings is 1. The number of alkyl halides is 1. The second-order valence-electron chi connectivity index (χ2n) is 3.64. The van der Waals surface area contributed by atoms with Gasteiger partial charge in [0, 0.05) is 22.3 Å². The van der Waals surface area contributed by atoms with Crippen LogP contribution >= 0.6 is 22.6 Å². The summed E-state index contributed by atoms with van der Waals surface area (Å²) in [4.78, 5) is 2.26. The van der Waals surface area contributed by atoms with Crippen LogP contribution < -0.4 is 4.90 Å². The summed E-state index contributed by atoms with van der Waals surface area (Å²) in [5.41, 5.74) is 1.23. The molecule has 0 aromatic heterocycles. The van der Waals surface area contributed by atoms with E-state index in [1.54, 1.807) is 0 Å². The van der Waals surface area contributed by atoms with Crippen molar-refractivity contribution in [3.05, 3.63) is 27.8 Å². The third-order valence-electron chi connectivity index (χ3n) is 2.60. The van der Waals surface area contributed by atoms with Crippen molar-refractivity contribution in [3.63, 3.8) is 0 Å². The molecule has 0 atom stereocenters. The average Bonchev–Trinajstić information content (AvgIpc) is 2.19. The summed E-state index contributed by atoms with van der Waals surface area (Å²) in [6.45, 7) is 1.70. The van der Waals surface area contributed by atoms with Gasteiger partial charge in [-0.15, -0.1) is 0 Å². The maximum absolute atomic E-state index is 12.9. The maximum atomic E-state index is 12.9. The van der Waals surface area contributed by atoms with Crippen LogP contribution in [0.1, 0.15) is 12.8 Å². The van der Waals surface area contributed by atoms with Crippen molar-refractivity contribution < 1.29 is 4.39 Å². The van der Waals surface area contributed by atoms with Gasteiger partial charge in [0.2, 0.25) is 0 Å². The summed E-state index contributed by atoms with van der Waals surface area (Å²) in [6, 6.07) is 8.38. The first-order valence-corrected chi connectivity index (χ1v) is 5.98. The Morgan fingerprint density at radius 2 is 2.00 bits per heavy atom. The minimum absolute atomic E-state index is 0.589. The Bertz CT molecular complexity index is 308. The lowest BCUT2D eigenvalue weighted by molar-refractivity contribution is 0.277. The van der Waals surface area contributed by atoms with Crippen molar-refractivity contribution in [3.8, 4) is 0 Å². The SMILES string of the molecule is FC1CCN(c2cccc(I)c2)CC1. The van der Waals surface area contributed by atoms with Gasteiger partial charge in [0.1, 0.15) is 6.17 Å². The van der Waals surface area contributed by atoms with E-state index in [-0.39, 0.29) is 0 Å². The molecule has 3 heteroatoms. The van der Waals surface area contributed by atoms with Crippen molar-refractivity contribution in [2.45, 2.75) is 19.0 Å². The third kappa shape index (κ3) is 2.38. The van der Waals surface area contributed by atoms with Crippen molar-refractivity contribution in [2.24, 2.45) is 0 Å². The van der Waals surface area contributed by atoms with Crippen LogP contribution in [0.4, 0.5) is 10.1 Å². The van der Waals surface area contributed by atoms with Crippen LogP contribution in [0.2, 0.25) is 0 Å². The number of rotatable bonds is 1. The Morgan fingerprint density at radius 1 is 1.29 bits per heavy atom. The molecule has 1 heterocycles. The highest BCUT2D eigenvalue weighted by molar-refractivity contribution is 14.1. The summed E-state index contributed by atoms with van der Waals surface area (Å²) in [7, 11) is 0. The van der Waals surface area contributed by atoms with E-state index in [1.165, 1.54) is 9.26 Å². The van der Waals surface area contributed by atoms with Gasteiger partial charge in [-0.05, 0) is 53.6 Å². The van der Waals surface area contributed by atoms with E-state index in [0.717, 1.165) is 13.1 Å². The smallest absolute Gasteiger partial charge is 0.103 e. The van der Waals surface area contributed by atoms with Crippen LogP contribution in [0, 0.1) is 3.57 Å². The van der Waals surface area contributed by atoms with Gasteiger partial charge in [-0.3, -0.25) is 0 Å². The van der Waals surface area contributed by atoms with E-state index in [4.69, 9.17) is 0 Å². The van der Waals surface area contributed by atoms with Gasteiger partial charge >= 0.3 is 0 Å². The van der Waals surface area contributed by atoms with Gasteiger partial charge in [0.25, 0.3) is 0 Å². The normalized spacial score (nSPS) is 18.6. The fourth-order valence-corrected chi connectivity index (χ4v) is 2.31. The Morgan fingerprint density at radius 3 is 2.64 bits per heavy atom. The van der Waals surface area contributed by atoms with E-state index in [2.05, 4.69) is 51.8 Å². The van der Waals surface area contributed by atoms with Crippen LogP contribution in [0.15, 0.2) is 24.3 Å². The molecular weight excluding hydrogens is 292 g/mol. The summed E-state index contributed by atoms with van der Waals surface area (Å²) in [5.74, 6) is 0. The molecule has 0 N–H and O–H groups in total. The lowest BCUT2D eigenvalue weighted by atomic mass is 10.1. The molecular formula is C11H13FIN.